The molecule has 0 unspecified atom stereocenters. The Hall–Kier alpha value is -3.41. The first kappa shape index (κ1) is 17.0. The molecule has 0 fully saturated rings. The average molecular weight is 361 g/mol. The van der Waals surface area contributed by atoms with Crippen molar-refractivity contribution in [3.8, 4) is 11.1 Å². The molecule has 0 N–H and O–H groups in total. The van der Waals surface area contributed by atoms with E-state index >= 15 is 0 Å². The van der Waals surface area contributed by atoms with E-state index in [0.717, 1.165) is 22.4 Å². The van der Waals surface area contributed by atoms with Gasteiger partial charge in [0.2, 0.25) is 0 Å². The van der Waals surface area contributed by atoms with E-state index in [1.54, 1.807) is 30.5 Å². The number of halogens is 1. The lowest BCUT2D eigenvalue weighted by molar-refractivity contribution is -0.384. The highest BCUT2D eigenvalue weighted by Crippen LogP contribution is 2.36. The summed E-state index contributed by atoms with van der Waals surface area (Å²) >= 11 is 0. The third-order valence-corrected chi connectivity index (χ3v) is 4.75. The Labute approximate surface area is 155 Å². The molecule has 27 heavy (non-hydrogen) atoms. The fourth-order valence-corrected chi connectivity index (χ4v) is 3.32. The molecule has 6 heteroatoms. The van der Waals surface area contributed by atoms with E-state index in [-0.39, 0.29) is 11.5 Å². The highest BCUT2D eigenvalue weighted by atomic mass is 19.1. The number of pyridine rings is 1. The van der Waals surface area contributed by atoms with Crippen LogP contribution >= 0.6 is 0 Å². The van der Waals surface area contributed by atoms with Crippen molar-refractivity contribution in [3.63, 3.8) is 0 Å². The first-order chi connectivity index (χ1) is 13.1. The molecule has 0 aliphatic carbocycles. The third kappa shape index (κ3) is 3.10. The van der Waals surface area contributed by atoms with Crippen LogP contribution in [0.15, 0.2) is 59.7 Å². The quantitative estimate of drug-likeness (QED) is 0.483. The molecule has 5 nitrogen and oxygen atoms in total. The fourth-order valence-electron chi connectivity index (χ4n) is 3.32. The van der Waals surface area contributed by atoms with E-state index in [0.29, 0.717) is 29.8 Å². The van der Waals surface area contributed by atoms with Crippen LogP contribution in [0.1, 0.15) is 23.6 Å². The van der Waals surface area contributed by atoms with Crippen molar-refractivity contribution in [1.82, 2.24) is 4.98 Å². The number of hydrogen-bond acceptors (Lipinski definition) is 4. The number of benzene rings is 2. The molecule has 0 bridgehead atoms. The molecule has 4 rings (SSSR count). The van der Waals surface area contributed by atoms with E-state index in [4.69, 9.17) is 0 Å². The minimum Gasteiger partial charge on any atom is -0.258 e. The van der Waals surface area contributed by atoms with Crippen molar-refractivity contribution in [2.75, 3.05) is 0 Å². The first-order valence-electron chi connectivity index (χ1n) is 8.66. The topological polar surface area (TPSA) is 68.4 Å². The van der Waals surface area contributed by atoms with Gasteiger partial charge in [0.15, 0.2) is 5.82 Å². The molecular weight excluding hydrogens is 345 g/mol. The Kier molecular flexibility index (Phi) is 4.24. The van der Waals surface area contributed by atoms with Gasteiger partial charge in [-0.1, -0.05) is 31.2 Å². The van der Waals surface area contributed by atoms with Crippen LogP contribution in [0.5, 0.6) is 0 Å². The number of nitro benzene ring substituents is 1. The van der Waals surface area contributed by atoms with Crippen LogP contribution in [-0.4, -0.2) is 15.6 Å². The standard InChI is InChI=1S/C21H16FN3O2/c1-2-13-6-7-14(11-19(13)22)17-8-9-23-21-18(17)12-20(24-21)15-4-3-5-16(10-15)25(26)27/h3-11H,2,12H2,1H3. The average Bonchev–Trinajstić information content (AvgIpc) is 3.12. The molecule has 2 heterocycles. The minimum atomic E-state index is -0.423. The van der Waals surface area contributed by atoms with Crippen LogP contribution in [0.25, 0.3) is 11.1 Å². The zero-order valence-corrected chi connectivity index (χ0v) is 14.6. The third-order valence-electron chi connectivity index (χ3n) is 4.75. The Morgan fingerprint density at radius 3 is 2.74 bits per heavy atom. The molecule has 0 amide bonds. The van der Waals surface area contributed by atoms with Crippen LogP contribution in [0.3, 0.4) is 0 Å². The van der Waals surface area contributed by atoms with Crippen molar-refractivity contribution in [2.45, 2.75) is 19.8 Å². The van der Waals surface area contributed by atoms with Crippen molar-refractivity contribution in [2.24, 2.45) is 4.99 Å². The fraction of sp³-hybridized carbons (Fsp3) is 0.143. The number of nitrogens with zero attached hydrogens (tertiary/aromatic N) is 3. The molecule has 3 aromatic rings. The number of rotatable bonds is 4. The van der Waals surface area contributed by atoms with Gasteiger partial charge in [0, 0.05) is 35.9 Å². The normalized spacial score (nSPS) is 12.6. The lowest BCUT2D eigenvalue weighted by atomic mass is 9.96. The molecule has 1 aliphatic rings. The molecule has 0 atom stereocenters. The SMILES string of the molecule is CCc1ccc(-c2ccnc3c2CC(c2cccc([N+](=O)[O-])c2)=N3)cc1F. The van der Waals surface area contributed by atoms with Gasteiger partial charge in [0.1, 0.15) is 5.82 Å². The number of non-ortho nitro benzene ring substituents is 1. The second-order valence-electron chi connectivity index (χ2n) is 6.36. The molecule has 0 spiro atoms. The van der Waals surface area contributed by atoms with Crippen LogP contribution in [0.4, 0.5) is 15.9 Å². The summed E-state index contributed by atoms with van der Waals surface area (Å²) in [7, 11) is 0. The van der Waals surface area contributed by atoms with Crippen LogP contribution < -0.4 is 0 Å². The molecule has 134 valence electrons. The van der Waals surface area contributed by atoms with Gasteiger partial charge in [-0.2, -0.15) is 0 Å². The summed E-state index contributed by atoms with van der Waals surface area (Å²) in [6.45, 7) is 1.92. The van der Waals surface area contributed by atoms with Crippen LogP contribution in [-0.2, 0) is 12.8 Å². The van der Waals surface area contributed by atoms with Crippen molar-refractivity contribution in [1.29, 1.82) is 0 Å². The van der Waals surface area contributed by atoms with E-state index in [2.05, 4.69) is 9.98 Å². The summed E-state index contributed by atoms with van der Waals surface area (Å²) in [5, 5.41) is 11.0. The number of aliphatic imine (C=N–C) groups is 1. The van der Waals surface area contributed by atoms with Gasteiger partial charge in [0.25, 0.3) is 5.69 Å². The molecule has 1 aromatic heterocycles. The van der Waals surface area contributed by atoms with Gasteiger partial charge >= 0.3 is 0 Å². The van der Waals surface area contributed by atoms with Gasteiger partial charge in [0.05, 0.1) is 10.6 Å². The molecule has 0 saturated heterocycles. The predicted octanol–water partition coefficient (Wildman–Crippen LogP) is 5.04. The molecule has 2 aromatic carbocycles. The highest BCUT2D eigenvalue weighted by molar-refractivity contribution is 6.07. The van der Waals surface area contributed by atoms with Gasteiger partial charge < -0.3 is 0 Å². The molecular formula is C21H16FN3O2. The molecule has 0 radical (unpaired) electrons. The highest BCUT2D eigenvalue weighted by Gasteiger charge is 2.22. The molecule has 0 saturated carbocycles. The van der Waals surface area contributed by atoms with Crippen molar-refractivity contribution in [3.05, 3.63) is 87.3 Å². The summed E-state index contributed by atoms with van der Waals surface area (Å²) in [6, 6.07) is 13.5. The maximum Gasteiger partial charge on any atom is 0.270 e. The first-order valence-corrected chi connectivity index (χ1v) is 8.66. The van der Waals surface area contributed by atoms with Gasteiger partial charge in [-0.15, -0.1) is 0 Å². The Bertz CT molecular complexity index is 1090. The van der Waals surface area contributed by atoms with Crippen molar-refractivity contribution >= 4 is 17.2 Å². The number of nitro groups is 1. The lowest BCUT2D eigenvalue weighted by Crippen LogP contribution is -2.02. The minimum absolute atomic E-state index is 0.0246. The maximum absolute atomic E-state index is 14.2. The maximum atomic E-state index is 14.2. The van der Waals surface area contributed by atoms with Crippen molar-refractivity contribution < 1.29 is 9.31 Å². The second-order valence-corrected chi connectivity index (χ2v) is 6.36. The largest absolute Gasteiger partial charge is 0.270 e. The monoisotopic (exact) mass is 361 g/mol. The number of aromatic nitrogens is 1. The van der Waals surface area contributed by atoms with Gasteiger partial charge in [-0.3, -0.25) is 10.1 Å². The summed E-state index contributed by atoms with van der Waals surface area (Å²) in [5.74, 6) is 0.354. The summed E-state index contributed by atoms with van der Waals surface area (Å²) in [5.41, 5.74) is 4.68. The second kappa shape index (κ2) is 6.72. The summed E-state index contributed by atoms with van der Waals surface area (Å²) < 4.78 is 14.2. The summed E-state index contributed by atoms with van der Waals surface area (Å²) in [6.07, 6.45) is 2.79. The molecule has 1 aliphatic heterocycles. The number of hydrogen-bond donors (Lipinski definition) is 0. The predicted molar refractivity (Wildman–Crippen MR) is 102 cm³/mol. The number of aryl methyl sites for hydroxylation is 1. The van der Waals surface area contributed by atoms with E-state index < -0.39 is 4.92 Å². The van der Waals surface area contributed by atoms with Crippen LogP contribution in [0.2, 0.25) is 0 Å². The Morgan fingerprint density at radius 1 is 1.15 bits per heavy atom. The zero-order valence-electron chi connectivity index (χ0n) is 14.6. The lowest BCUT2D eigenvalue weighted by Gasteiger charge is -2.09. The van der Waals surface area contributed by atoms with E-state index in [1.807, 2.05) is 19.1 Å². The zero-order chi connectivity index (χ0) is 19.0. The van der Waals surface area contributed by atoms with E-state index in [1.165, 1.54) is 12.1 Å². The van der Waals surface area contributed by atoms with Gasteiger partial charge in [-0.25, -0.2) is 14.4 Å². The summed E-state index contributed by atoms with van der Waals surface area (Å²) in [4.78, 5) is 19.5. The number of fused-ring (bicyclic) bond motifs is 1. The Morgan fingerprint density at radius 2 is 2.00 bits per heavy atom. The van der Waals surface area contributed by atoms with Crippen LogP contribution in [0, 0.1) is 15.9 Å². The van der Waals surface area contributed by atoms with Gasteiger partial charge in [-0.05, 0) is 35.2 Å². The Balaban J connectivity index is 1.72. The smallest absolute Gasteiger partial charge is 0.258 e. The van der Waals surface area contributed by atoms with E-state index in [9.17, 15) is 14.5 Å².